The summed E-state index contributed by atoms with van der Waals surface area (Å²) in [7, 11) is 7.23. The van der Waals surface area contributed by atoms with Crippen LogP contribution in [0.2, 0.25) is 0 Å². The van der Waals surface area contributed by atoms with E-state index in [1.807, 2.05) is 0 Å². The van der Waals surface area contributed by atoms with Crippen LogP contribution >= 0.6 is 0 Å². The maximum absolute atomic E-state index is 12.5. The molecule has 9 aliphatic rings. The van der Waals surface area contributed by atoms with Crippen molar-refractivity contribution in [3.8, 4) is 0 Å². The van der Waals surface area contributed by atoms with Crippen LogP contribution in [0.5, 0.6) is 0 Å². The van der Waals surface area contributed by atoms with Crippen molar-refractivity contribution in [3.05, 3.63) is 11.4 Å². The zero-order valence-electron chi connectivity index (χ0n) is 77.7. The van der Waals surface area contributed by atoms with Gasteiger partial charge in [0.25, 0.3) is 23.7 Å². The summed E-state index contributed by atoms with van der Waals surface area (Å²) in [5, 5.41) is 53.6. The normalized spacial score (nSPS) is 18.1. The third kappa shape index (κ3) is 63.9. The number of aliphatic carboxylic acids is 2. The van der Waals surface area contributed by atoms with Gasteiger partial charge in [0.15, 0.2) is 12.2 Å². The molecule has 0 aromatic carbocycles. The summed E-state index contributed by atoms with van der Waals surface area (Å²) in [5.41, 5.74) is -0.524. The van der Waals surface area contributed by atoms with E-state index in [0.717, 1.165) is 148 Å². The van der Waals surface area contributed by atoms with Gasteiger partial charge in [0.1, 0.15) is 46.4 Å². The number of nitrogens with zero attached hydrogens (tertiary/aromatic N) is 2. The van der Waals surface area contributed by atoms with E-state index in [1.54, 1.807) is 118 Å². The fourth-order valence-corrected chi connectivity index (χ4v) is 11.5. The van der Waals surface area contributed by atoms with Crippen molar-refractivity contribution < 1.29 is 156 Å². The minimum absolute atomic E-state index is 0. The smallest absolute Gasteiger partial charge is 0.870 e. The van der Waals surface area contributed by atoms with Crippen LogP contribution in [-0.4, -0.2) is 241 Å². The van der Waals surface area contributed by atoms with Crippen molar-refractivity contribution in [3.63, 3.8) is 0 Å². The molecule has 0 spiro atoms. The number of rotatable bonds is 27. The Kier molecular flexibility index (Phi) is 60.8. The molecule has 8 saturated carbocycles. The van der Waals surface area contributed by atoms with Crippen molar-refractivity contribution in [2.75, 3.05) is 48.6 Å². The van der Waals surface area contributed by atoms with Crippen LogP contribution in [0.15, 0.2) is 0 Å². The number of aliphatic hydroxyl groups is 2. The molecule has 13 N–H and O–H groups in total. The quantitative estimate of drug-likeness (QED) is 0.00913. The minimum Gasteiger partial charge on any atom is -0.870 e. The van der Waals surface area contributed by atoms with Gasteiger partial charge in [-0.2, -0.15) is 0 Å². The van der Waals surface area contributed by atoms with E-state index in [2.05, 4.69) is 52.4 Å². The predicted octanol–water partition coefficient (Wildman–Crippen LogP) is 8.66. The molecule has 1 saturated heterocycles. The SMILES string of the molecule is C1CCOC1.CC(=O)O.CC(=O)OC(C(=O)NC1CC1)[C@H](CC1CCC1)NC(=O)OC(C)(C)C.CC(C)(C)OC(=O)N[C@@H](CC1CCC1)C(=O)O.CC(C)(C)OC(=O)N[C@@H](CC1CCC1)C(O)C(=O)NC1CC1.CC(C)(C)OC(=O)N[C@H](C=O)CC1CCC1.CNOC.CO.CON(C)C(=O)[C@H](CC1CCC1)NC(=O)OC(C)(C)C.[C-]#[N+]C1CC1.[Na+].[OH-]. The number of likely N-dealkylation sites (N-methyl/N-ethyl adjacent to an activating group) is 1. The Morgan fingerprint density at radius 2 is 0.795 bits per heavy atom. The molecular formula is C85H155N10NaO26. The molecule has 702 valence electrons. The minimum atomic E-state index is -1.23. The van der Waals surface area contributed by atoms with Crippen LogP contribution in [0.25, 0.3) is 4.85 Å². The van der Waals surface area contributed by atoms with Gasteiger partial charge in [-0.25, -0.2) is 45.9 Å². The second-order valence-electron chi connectivity index (χ2n) is 36.5. The molecule has 0 radical (unpaired) electrons. The summed E-state index contributed by atoms with van der Waals surface area (Å²) in [5.74, 6) is -0.995. The summed E-state index contributed by atoms with van der Waals surface area (Å²) in [4.78, 5) is 150. The number of carboxylic acid groups (broad SMARTS) is 2. The van der Waals surface area contributed by atoms with Gasteiger partial charge in [0.2, 0.25) is 6.04 Å². The topological polar surface area (TPSA) is 503 Å². The fourth-order valence-electron chi connectivity index (χ4n) is 11.5. The van der Waals surface area contributed by atoms with Crippen LogP contribution in [-0.2, 0) is 76.4 Å². The van der Waals surface area contributed by atoms with E-state index in [9.17, 15) is 57.8 Å². The van der Waals surface area contributed by atoms with Crippen LogP contribution in [0, 0.1) is 36.2 Å². The van der Waals surface area contributed by atoms with Crippen LogP contribution in [0.1, 0.15) is 297 Å². The van der Waals surface area contributed by atoms with E-state index >= 15 is 0 Å². The van der Waals surface area contributed by atoms with Gasteiger partial charge >= 0.3 is 72.0 Å². The van der Waals surface area contributed by atoms with Crippen molar-refractivity contribution in [2.45, 2.75) is 386 Å². The number of amides is 8. The average Bonchev–Trinajstić information content (AvgIpc) is 1.09. The number of aliphatic hydroxyl groups excluding tert-OH is 2. The molecule has 36 nitrogen and oxygen atoms in total. The Morgan fingerprint density at radius 3 is 1.07 bits per heavy atom. The van der Waals surface area contributed by atoms with E-state index < -0.39 is 125 Å². The standard InChI is InChI=1S/C18H30N2O5.C16H28N2O4.C14H26N2O4.C12H21NO4.C12H21NO3.C4H5N.C4H8O.C2H7NO.C2H4O2.CH4O.Na.H2O/c1-11(21)24-15(16(22)19-13-8-9-13)14(10-12-6-5-7-12)20-17(23)25-18(2,3)4;1-16(2,3)22-15(21)18-12(9-10-5-4-6-10)13(19)14(20)17-11-7-8-11;1-14(2,3)20-13(18)15-11(9-10-7-6-8-10)12(17)16(4)19-5;1-12(2,3)17-11(16)13-9(10(14)15)7-8-5-4-6-8;1-12(2,3)16-11(15)13-10(8-14)7-9-5-4-6-9;1-5-4-2-3-4;1-2-4-5-3-1;1-3-4-2;1-2(3)4;1-2;;/h12-15H,5-10H2,1-4H3,(H,19,22)(H,20,23);10-13,19H,4-9H2,1-3H3,(H,17,20)(H,18,21);10-11H,6-9H2,1-5H3,(H,15,18);8-9H,4-7H2,1-3H3,(H,13,16)(H,14,15);8-10H,4-7H2,1-3H3,(H,13,15);4H,2-3H2;1-4H2;3H,1-2H3;1H3,(H,3,4);2H,1H3;;1H2/q;;;;;;;;;;+1;/p-1/t14-,15?;12-,13?;11-;9-;10-;;;;;;;/m00000......./s1. The summed E-state index contributed by atoms with van der Waals surface area (Å²) in [6.45, 7) is 37.4. The van der Waals surface area contributed by atoms with Crippen LogP contribution in [0.4, 0.5) is 24.0 Å². The molecule has 8 amide bonds. The molecule has 122 heavy (non-hydrogen) atoms. The first kappa shape index (κ1) is 119. The third-order valence-electron chi connectivity index (χ3n) is 19.0. The number of carboxylic acids is 2. The molecule has 1 heterocycles. The van der Waals surface area contributed by atoms with Gasteiger partial charge in [0.05, 0.1) is 32.3 Å². The van der Waals surface area contributed by atoms with Gasteiger partial charge in [-0.05, 0) is 204 Å². The summed E-state index contributed by atoms with van der Waals surface area (Å²) < 4.78 is 36.1. The summed E-state index contributed by atoms with van der Waals surface area (Å²) in [6.07, 6.45) is 24.2. The number of aldehydes is 1. The van der Waals surface area contributed by atoms with E-state index in [4.69, 9.17) is 64.7 Å². The largest absolute Gasteiger partial charge is 1.00 e. The van der Waals surface area contributed by atoms with Gasteiger partial charge in [-0.3, -0.25) is 28.8 Å². The molecule has 9 rings (SSSR count). The Bertz CT molecular complexity index is 3050. The molecule has 1 aliphatic heterocycles. The van der Waals surface area contributed by atoms with E-state index in [1.165, 1.54) is 66.0 Å². The second-order valence-corrected chi connectivity index (χ2v) is 36.5. The summed E-state index contributed by atoms with van der Waals surface area (Å²) in [6, 6.07) is -2.27. The zero-order chi connectivity index (χ0) is 91.7. The van der Waals surface area contributed by atoms with Crippen LogP contribution in [0.3, 0.4) is 0 Å². The number of hydrogen-bond donors (Lipinski definition) is 12. The van der Waals surface area contributed by atoms with Crippen molar-refractivity contribution in [2.24, 2.45) is 29.6 Å². The Labute approximate surface area is 747 Å². The number of nitrogens with one attached hydrogen (secondary N) is 8. The van der Waals surface area contributed by atoms with E-state index in [0.29, 0.717) is 61.3 Å². The first-order valence-corrected chi connectivity index (χ1v) is 42.6. The Morgan fingerprint density at radius 1 is 0.484 bits per heavy atom. The van der Waals surface area contributed by atoms with Gasteiger partial charge in [0, 0.05) is 73.2 Å². The van der Waals surface area contributed by atoms with E-state index in [-0.39, 0.29) is 58.9 Å². The molecule has 0 bridgehead atoms. The number of esters is 1. The van der Waals surface area contributed by atoms with Crippen LogP contribution < -0.4 is 72.3 Å². The average molecular weight is 1760 g/mol. The molecule has 9 fully saturated rings. The molecular weight excluding hydrogens is 1600 g/mol. The second kappa shape index (κ2) is 62.2. The maximum Gasteiger partial charge on any atom is 1.00 e. The number of carbonyl (C=O) groups is 12. The van der Waals surface area contributed by atoms with Crippen molar-refractivity contribution in [1.29, 1.82) is 0 Å². The molecule has 37 heteroatoms. The zero-order valence-corrected chi connectivity index (χ0v) is 79.7. The summed E-state index contributed by atoms with van der Waals surface area (Å²) >= 11 is 0. The monoisotopic (exact) mass is 1760 g/mol. The molecule has 0 aromatic heterocycles. The number of hydroxylamine groups is 3. The number of carbonyl (C=O) groups excluding carboxylic acids is 10. The predicted molar refractivity (Wildman–Crippen MR) is 452 cm³/mol. The first-order valence-electron chi connectivity index (χ1n) is 42.6. The van der Waals surface area contributed by atoms with Gasteiger partial charge in [-0.15, -0.1) is 0 Å². The Hall–Kier alpha value is -6.95. The molecule has 2 unspecified atom stereocenters. The Balaban J connectivity index is -0.00000137. The van der Waals surface area contributed by atoms with Crippen molar-refractivity contribution >= 4 is 72.4 Å². The molecule has 8 aliphatic carbocycles. The number of alkyl carbamates (subject to hydrolysis) is 5. The maximum atomic E-state index is 12.5. The third-order valence-corrected chi connectivity index (χ3v) is 19.0. The molecule has 0 aromatic rings. The van der Waals surface area contributed by atoms with Crippen molar-refractivity contribution in [1.82, 2.24) is 47.8 Å². The number of hydrogen-bond acceptors (Lipinski definition) is 25. The fraction of sp³-hybridized carbons (Fsp3) is 0.847. The molecule has 7 atom stereocenters. The van der Waals surface area contributed by atoms with Gasteiger partial charge in [-0.1, -0.05) is 96.3 Å². The van der Waals surface area contributed by atoms with Gasteiger partial charge < -0.3 is 111 Å². The number of ether oxygens (including phenoxy) is 7. The first-order chi connectivity index (χ1) is 55.9.